The van der Waals surface area contributed by atoms with E-state index in [4.69, 9.17) is 4.74 Å². The van der Waals surface area contributed by atoms with Crippen LogP contribution in [0.4, 0.5) is 10.1 Å². The lowest BCUT2D eigenvalue weighted by molar-refractivity contribution is -0.140. The summed E-state index contributed by atoms with van der Waals surface area (Å²) in [6, 6.07) is 27.1. The number of anilines is 1. The summed E-state index contributed by atoms with van der Waals surface area (Å²) in [5.41, 5.74) is 2.75. The molecule has 1 atom stereocenters. The summed E-state index contributed by atoms with van der Waals surface area (Å²) >= 11 is 0. The zero-order chi connectivity index (χ0) is 34.1. The van der Waals surface area contributed by atoms with E-state index in [0.29, 0.717) is 12.4 Å². The number of ether oxygens (including phenoxy) is 1. The number of nitrogens with zero attached hydrogens (tertiary/aromatic N) is 2. The first-order valence-corrected chi connectivity index (χ1v) is 17.8. The standard InChI is InChI=1S/C38H42FN3O5S/c1-3-47-34-21-23-35(24-22-34)48(45,46)42(33-19-17-31(39)18-20-33)27-37(43)41(26-30-14-8-7-11-28(30)2)36(25-29-12-5-4-6-13-29)38(44)40-32-15-9-10-16-32/h4-8,11-14,17-24,32,36H,3,9-10,15-16,25-27H2,1-2H3,(H,40,44)/t36-/m0/s1. The summed E-state index contributed by atoms with van der Waals surface area (Å²) in [5, 5.41) is 3.18. The summed E-state index contributed by atoms with van der Waals surface area (Å²) < 4.78 is 48.9. The van der Waals surface area contributed by atoms with Gasteiger partial charge in [-0.1, -0.05) is 67.4 Å². The fraction of sp³-hybridized carbons (Fsp3) is 0.316. The lowest BCUT2D eigenvalue weighted by Gasteiger charge is -2.34. The predicted octanol–water partition coefficient (Wildman–Crippen LogP) is 6.43. The van der Waals surface area contributed by atoms with Crippen LogP contribution in [0.5, 0.6) is 5.75 Å². The van der Waals surface area contributed by atoms with E-state index in [1.54, 1.807) is 12.1 Å². The third-order valence-electron chi connectivity index (χ3n) is 8.69. The molecular weight excluding hydrogens is 629 g/mol. The number of nitrogens with one attached hydrogen (secondary N) is 1. The monoisotopic (exact) mass is 671 g/mol. The molecule has 4 aromatic carbocycles. The van der Waals surface area contributed by atoms with Crippen LogP contribution in [-0.4, -0.2) is 50.4 Å². The minimum absolute atomic E-state index is 0.0157. The molecule has 0 unspecified atom stereocenters. The van der Waals surface area contributed by atoms with E-state index in [9.17, 15) is 22.4 Å². The molecule has 8 nitrogen and oxygen atoms in total. The van der Waals surface area contributed by atoms with Gasteiger partial charge in [-0.3, -0.25) is 13.9 Å². The highest BCUT2D eigenvalue weighted by Crippen LogP contribution is 2.27. The summed E-state index contributed by atoms with van der Waals surface area (Å²) in [6.45, 7) is 3.65. The van der Waals surface area contributed by atoms with Crippen molar-refractivity contribution in [1.29, 1.82) is 0 Å². The van der Waals surface area contributed by atoms with Gasteiger partial charge in [-0.25, -0.2) is 12.8 Å². The number of rotatable bonds is 14. The number of benzene rings is 4. The van der Waals surface area contributed by atoms with Crippen LogP contribution in [0.2, 0.25) is 0 Å². The van der Waals surface area contributed by atoms with E-state index >= 15 is 0 Å². The molecule has 1 aliphatic carbocycles. The van der Waals surface area contributed by atoms with Crippen molar-refractivity contribution in [3.63, 3.8) is 0 Å². The lowest BCUT2D eigenvalue weighted by Crippen LogP contribution is -2.54. The first-order chi connectivity index (χ1) is 23.2. The smallest absolute Gasteiger partial charge is 0.264 e. The largest absolute Gasteiger partial charge is 0.494 e. The number of amides is 2. The van der Waals surface area contributed by atoms with Gasteiger partial charge in [0.05, 0.1) is 17.2 Å². The maximum absolute atomic E-state index is 14.6. The molecular formula is C38H42FN3O5S. The average Bonchev–Trinajstić information content (AvgIpc) is 3.60. The fourth-order valence-corrected chi connectivity index (χ4v) is 7.44. The molecule has 2 amide bonds. The lowest BCUT2D eigenvalue weighted by atomic mass is 10.0. The Bertz CT molecular complexity index is 1780. The third kappa shape index (κ3) is 8.60. The second kappa shape index (κ2) is 15.9. The van der Waals surface area contributed by atoms with Crippen molar-refractivity contribution < 1.29 is 27.1 Å². The normalized spacial score (nSPS) is 13.9. The molecule has 5 rings (SSSR count). The van der Waals surface area contributed by atoms with Crippen LogP contribution in [0.15, 0.2) is 108 Å². The van der Waals surface area contributed by atoms with Gasteiger partial charge in [-0.05, 0) is 91.9 Å². The zero-order valence-corrected chi connectivity index (χ0v) is 28.2. The van der Waals surface area contributed by atoms with Gasteiger partial charge < -0.3 is 15.0 Å². The maximum Gasteiger partial charge on any atom is 0.264 e. The van der Waals surface area contributed by atoms with Crippen LogP contribution >= 0.6 is 0 Å². The molecule has 1 saturated carbocycles. The number of aryl methyl sites for hydroxylation is 1. The number of carbonyl (C=O) groups excluding carboxylic acids is 2. The molecule has 48 heavy (non-hydrogen) atoms. The number of hydrogen-bond acceptors (Lipinski definition) is 5. The Labute approximate surface area is 282 Å². The molecule has 0 saturated heterocycles. The van der Waals surface area contributed by atoms with Crippen LogP contribution in [0, 0.1) is 12.7 Å². The van der Waals surface area contributed by atoms with Crippen molar-refractivity contribution in [2.75, 3.05) is 17.5 Å². The minimum Gasteiger partial charge on any atom is -0.494 e. The average molecular weight is 672 g/mol. The molecule has 1 aliphatic rings. The molecule has 1 N–H and O–H groups in total. The van der Waals surface area contributed by atoms with Gasteiger partial charge >= 0.3 is 0 Å². The molecule has 0 aliphatic heterocycles. The Kier molecular flexibility index (Phi) is 11.5. The van der Waals surface area contributed by atoms with Gasteiger partial charge in [0.1, 0.15) is 24.2 Å². The molecule has 1 fully saturated rings. The Balaban J connectivity index is 1.56. The van der Waals surface area contributed by atoms with Crippen molar-refractivity contribution in [2.24, 2.45) is 0 Å². The van der Waals surface area contributed by atoms with Gasteiger partial charge in [-0.15, -0.1) is 0 Å². The highest BCUT2D eigenvalue weighted by molar-refractivity contribution is 7.92. The summed E-state index contributed by atoms with van der Waals surface area (Å²) in [5.74, 6) is -0.895. The van der Waals surface area contributed by atoms with E-state index in [1.165, 1.54) is 29.2 Å². The number of sulfonamides is 1. The van der Waals surface area contributed by atoms with E-state index < -0.39 is 34.3 Å². The number of halogens is 1. The van der Waals surface area contributed by atoms with Crippen molar-refractivity contribution in [2.45, 2.75) is 69.5 Å². The molecule has 0 radical (unpaired) electrons. The Morgan fingerprint density at radius 2 is 1.54 bits per heavy atom. The highest BCUT2D eigenvalue weighted by atomic mass is 32.2. The first kappa shape index (κ1) is 34.6. The molecule has 4 aromatic rings. The maximum atomic E-state index is 14.6. The van der Waals surface area contributed by atoms with Gasteiger partial charge in [0, 0.05) is 19.0 Å². The third-order valence-corrected chi connectivity index (χ3v) is 10.5. The van der Waals surface area contributed by atoms with E-state index in [1.807, 2.05) is 68.4 Å². The van der Waals surface area contributed by atoms with E-state index in [0.717, 1.165) is 58.8 Å². The van der Waals surface area contributed by atoms with Crippen molar-refractivity contribution in [3.8, 4) is 5.75 Å². The first-order valence-electron chi connectivity index (χ1n) is 16.3. The molecule has 252 valence electrons. The quantitative estimate of drug-likeness (QED) is 0.167. The zero-order valence-electron chi connectivity index (χ0n) is 27.3. The second-order valence-electron chi connectivity index (χ2n) is 12.0. The van der Waals surface area contributed by atoms with Gasteiger partial charge in [0.25, 0.3) is 10.0 Å². The predicted molar refractivity (Wildman–Crippen MR) is 185 cm³/mol. The SMILES string of the molecule is CCOc1ccc(S(=O)(=O)N(CC(=O)N(Cc2ccccc2C)[C@@H](Cc2ccccc2)C(=O)NC2CCCC2)c2ccc(F)cc2)cc1. The summed E-state index contributed by atoms with van der Waals surface area (Å²) in [6.07, 6.45) is 4.02. The Morgan fingerprint density at radius 1 is 0.896 bits per heavy atom. The number of hydrogen-bond donors (Lipinski definition) is 1. The summed E-state index contributed by atoms with van der Waals surface area (Å²) in [7, 11) is -4.32. The van der Waals surface area contributed by atoms with Gasteiger partial charge in [-0.2, -0.15) is 0 Å². The van der Waals surface area contributed by atoms with E-state index in [2.05, 4.69) is 5.32 Å². The highest BCUT2D eigenvalue weighted by Gasteiger charge is 2.35. The molecule has 0 aromatic heterocycles. The molecule has 0 bridgehead atoms. The minimum atomic E-state index is -4.32. The van der Waals surface area contributed by atoms with Crippen molar-refractivity contribution >= 4 is 27.5 Å². The number of carbonyl (C=O) groups is 2. The Morgan fingerprint density at radius 3 is 2.19 bits per heavy atom. The fourth-order valence-electron chi connectivity index (χ4n) is 6.03. The van der Waals surface area contributed by atoms with Gasteiger partial charge in [0.2, 0.25) is 11.8 Å². The molecule has 0 spiro atoms. The van der Waals surface area contributed by atoms with Crippen LogP contribution in [-0.2, 0) is 32.6 Å². The van der Waals surface area contributed by atoms with Crippen LogP contribution in [0.25, 0.3) is 0 Å². The van der Waals surface area contributed by atoms with Crippen LogP contribution in [0.3, 0.4) is 0 Å². The van der Waals surface area contributed by atoms with E-state index in [-0.39, 0.29) is 35.5 Å². The van der Waals surface area contributed by atoms with Crippen LogP contribution < -0.4 is 14.4 Å². The Hall–Kier alpha value is -4.70. The topological polar surface area (TPSA) is 96.0 Å². The molecule has 10 heteroatoms. The van der Waals surface area contributed by atoms with Crippen molar-refractivity contribution in [3.05, 3.63) is 126 Å². The van der Waals surface area contributed by atoms with Crippen molar-refractivity contribution in [1.82, 2.24) is 10.2 Å². The van der Waals surface area contributed by atoms with Gasteiger partial charge in [0.15, 0.2) is 0 Å². The second-order valence-corrected chi connectivity index (χ2v) is 13.9. The molecule has 0 heterocycles. The summed E-state index contributed by atoms with van der Waals surface area (Å²) in [4.78, 5) is 30.2. The van der Waals surface area contributed by atoms with Crippen LogP contribution in [0.1, 0.15) is 49.3 Å².